The summed E-state index contributed by atoms with van der Waals surface area (Å²) < 4.78 is 38.5. The molecular weight excluding hydrogens is 477 g/mol. The molecule has 186 valence electrons. The summed E-state index contributed by atoms with van der Waals surface area (Å²) in [7, 11) is 0. The zero-order chi connectivity index (χ0) is 24.7. The number of anilines is 1. The van der Waals surface area contributed by atoms with Crippen LogP contribution in [0.3, 0.4) is 0 Å². The Morgan fingerprint density at radius 2 is 1.71 bits per heavy atom. The fourth-order valence-corrected chi connectivity index (χ4v) is 5.72. The standard InChI is InChI=1S/C25H27F3N4O2S/c26-25(27,28)17-4-6-18(7-5-17)31-12-10-30(11-13-31)14-16-2-1-3-19-20(16)15-32(24(19)35)21-8-9-22(33)29-23(21)34/h1-7,21,24,35H,8-15H2,(H,29,33,34). The molecule has 0 spiro atoms. The smallest absolute Gasteiger partial charge is 0.369 e. The van der Waals surface area contributed by atoms with E-state index in [1.807, 2.05) is 12.1 Å². The summed E-state index contributed by atoms with van der Waals surface area (Å²) in [6.07, 6.45) is -3.50. The van der Waals surface area contributed by atoms with E-state index >= 15 is 0 Å². The first-order valence-corrected chi connectivity index (χ1v) is 12.2. The van der Waals surface area contributed by atoms with E-state index in [-0.39, 0.29) is 23.2 Å². The van der Waals surface area contributed by atoms with Crippen molar-refractivity contribution in [3.05, 3.63) is 64.7 Å². The maximum atomic E-state index is 12.8. The van der Waals surface area contributed by atoms with Gasteiger partial charge in [0.05, 0.1) is 17.0 Å². The lowest BCUT2D eigenvalue weighted by atomic mass is 10.0. The van der Waals surface area contributed by atoms with E-state index in [0.717, 1.165) is 56.1 Å². The number of alkyl halides is 3. The summed E-state index contributed by atoms with van der Waals surface area (Å²) in [4.78, 5) is 30.5. The summed E-state index contributed by atoms with van der Waals surface area (Å²) in [5.74, 6) is -0.483. The molecule has 0 aromatic heterocycles. The highest BCUT2D eigenvalue weighted by molar-refractivity contribution is 7.80. The average molecular weight is 505 g/mol. The monoisotopic (exact) mass is 504 g/mol. The number of nitrogens with zero attached hydrogens (tertiary/aromatic N) is 3. The van der Waals surface area contributed by atoms with Gasteiger partial charge in [-0.1, -0.05) is 18.2 Å². The third-order valence-corrected chi connectivity index (χ3v) is 7.75. The number of piperidine rings is 1. The number of amides is 2. The molecule has 3 aliphatic rings. The Labute approximate surface area is 207 Å². The Morgan fingerprint density at radius 3 is 2.37 bits per heavy atom. The fraction of sp³-hybridized carbons (Fsp3) is 0.440. The Hall–Kier alpha value is -2.56. The van der Waals surface area contributed by atoms with Crippen molar-refractivity contribution < 1.29 is 22.8 Å². The van der Waals surface area contributed by atoms with Gasteiger partial charge in [-0.05, 0) is 47.4 Å². The molecule has 5 rings (SSSR count). The molecule has 2 aromatic carbocycles. The number of halogens is 3. The zero-order valence-electron chi connectivity index (χ0n) is 19.1. The number of piperazine rings is 1. The molecule has 2 unspecified atom stereocenters. The van der Waals surface area contributed by atoms with E-state index in [0.29, 0.717) is 19.4 Å². The molecule has 2 saturated heterocycles. The maximum absolute atomic E-state index is 12.8. The van der Waals surface area contributed by atoms with Gasteiger partial charge in [-0.25, -0.2) is 0 Å². The van der Waals surface area contributed by atoms with Gasteiger partial charge in [-0.2, -0.15) is 25.8 Å². The number of imide groups is 1. The number of benzene rings is 2. The molecule has 3 heterocycles. The summed E-state index contributed by atoms with van der Waals surface area (Å²) in [6.45, 7) is 4.43. The molecule has 10 heteroatoms. The first-order valence-electron chi connectivity index (χ1n) is 11.7. The molecule has 1 N–H and O–H groups in total. The molecular formula is C25H27F3N4O2S. The lowest BCUT2D eigenvalue weighted by molar-refractivity contribution is -0.138. The van der Waals surface area contributed by atoms with Crippen LogP contribution in [0.25, 0.3) is 0 Å². The highest BCUT2D eigenvalue weighted by Crippen LogP contribution is 2.41. The van der Waals surface area contributed by atoms with Crippen molar-refractivity contribution in [3.63, 3.8) is 0 Å². The first-order chi connectivity index (χ1) is 16.7. The highest BCUT2D eigenvalue weighted by Gasteiger charge is 2.40. The number of fused-ring (bicyclic) bond motifs is 1. The highest BCUT2D eigenvalue weighted by atomic mass is 32.1. The lowest BCUT2D eigenvalue weighted by Gasteiger charge is -2.36. The van der Waals surface area contributed by atoms with Crippen LogP contribution in [0.15, 0.2) is 42.5 Å². The molecule has 35 heavy (non-hydrogen) atoms. The minimum Gasteiger partial charge on any atom is -0.369 e. The Bertz CT molecular complexity index is 1120. The molecule has 2 fully saturated rings. The van der Waals surface area contributed by atoms with Crippen molar-refractivity contribution in [3.8, 4) is 0 Å². The summed E-state index contributed by atoms with van der Waals surface area (Å²) in [5.41, 5.74) is 3.64. The molecule has 0 bridgehead atoms. The summed E-state index contributed by atoms with van der Waals surface area (Å²) >= 11 is 4.80. The molecule has 2 atom stereocenters. The van der Waals surface area contributed by atoms with Gasteiger partial charge in [0.1, 0.15) is 0 Å². The van der Waals surface area contributed by atoms with Crippen LogP contribution in [0.4, 0.5) is 18.9 Å². The molecule has 2 amide bonds. The van der Waals surface area contributed by atoms with Gasteiger partial charge >= 0.3 is 6.18 Å². The van der Waals surface area contributed by atoms with Gasteiger partial charge in [0, 0.05) is 51.4 Å². The lowest BCUT2D eigenvalue weighted by Crippen LogP contribution is -2.51. The van der Waals surface area contributed by atoms with Gasteiger partial charge in [-0.15, -0.1) is 0 Å². The average Bonchev–Trinajstić information content (AvgIpc) is 3.16. The van der Waals surface area contributed by atoms with Crippen molar-refractivity contribution in [1.82, 2.24) is 15.1 Å². The molecule has 0 saturated carbocycles. The van der Waals surface area contributed by atoms with E-state index in [1.165, 1.54) is 11.1 Å². The number of carbonyl (C=O) groups excluding carboxylic acids is 2. The summed E-state index contributed by atoms with van der Waals surface area (Å²) in [6, 6.07) is 11.2. The quantitative estimate of drug-likeness (QED) is 0.493. The normalized spacial score (nSPS) is 23.9. The Kier molecular flexibility index (Phi) is 6.54. The van der Waals surface area contributed by atoms with Crippen LogP contribution >= 0.6 is 12.6 Å². The van der Waals surface area contributed by atoms with Gasteiger partial charge < -0.3 is 4.90 Å². The maximum Gasteiger partial charge on any atom is 0.416 e. The predicted molar refractivity (Wildman–Crippen MR) is 129 cm³/mol. The van der Waals surface area contributed by atoms with Gasteiger partial charge in [-0.3, -0.25) is 24.7 Å². The van der Waals surface area contributed by atoms with E-state index in [9.17, 15) is 22.8 Å². The number of thiol groups is 1. The number of hydrogen-bond acceptors (Lipinski definition) is 6. The Balaban J connectivity index is 1.22. The van der Waals surface area contributed by atoms with Crippen molar-refractivity contribution in [1.29, 1.82) is 0 Å². The second kappa shape index (κ2) is 9.48. The predicted octanol–water partition coefficient (Wildman–Crippen LogP) is 3.58. The second-order valence-electron chi connectivity index (χ2n) is 9.31. The molecule has 0 radical (unpaired) electrons. The van der Waals surface area contributed by atoms with Crippen LogP contribution in [0.1, 0.15) is 40.5 Å². The van der Waals surface area contributed by atoms with Crippen molar-refractivity contribution >= 4 is 30.1 Å². The van der Waals surface area contributed by atoms with Crippen LogP contribution in [-0.2, 0) is 28.9 Å². The minimum absolute atomic E-state index is 0.203. The second-order valence-corrected chi connectivity index (χ2v) is 9.79. The molecule has 3 aliphatic heterocycles. The first kappa shape index (κ1) is 24.1. The Morgan fingerprint density at radius 1 is 1.00 bits per heavy atom. The fourth-order valence-electron chi connectivity index (χ4n) is 5.23. The van der Waals surface area contributed by atoms with E-state index in [2.05, 4.69) is 26.1 Å². The largest absolute Gasteiger partial charge is 0.416 e. The molecule has 6 nitrogen and oxygen atoms in total. The SMILES string of the molecule is O=C1CCC(N2Cc3c(CN4CCN(c5ccc(C(F)(F)F)cc5)CC4)cccc3C2S)C(=O)N1. The van der Waals surface area contributed by atoms with Crippen LogP contribution in [-0.4, -0.2) is 53.8 Å². The molecule has 2 aromatic rings. The number of nitrogens with one attached hydrogen (secondary N) is 1. The number of hydrogen-bond donors (Lipinski definition) is 2. The van der Waals surface area contributed by atoms with Crippen LogP contribution in [0.2, 0.25) is 0 Å². The van der Waals surface area contributed by atoms with Gasteiger partial charge in [0.15, 0.2) is 0 Å². The van der Waals surface area contributed by atoms with Crippen molar-refractivity contribution in [2.24, 2.45) is 0 Å². The third kappa shape index (κ3) is 4.92. The van der Waals surface area contributed by atoms with Crippen LogP contribution in [0.5, 0.6) is 0 Å². The van der Waals surface area contributed by atoms with Gasteiger partial charge in [0.25, 0.3) is 0 Å². The van der Waals surface area contributed by atoms with Crippen LogP contribution < -0.4 is 10.2 Å². The summed E-state index contributed by atoms with van der Waals surface area (Å²) in [5, 5.41) is 2.24. The molecule has 0 aliphatic carbocycles. The van der Waals surface area contributed by atoms with Crippen molar-refractivity contribution in [2.45, 2.75) is 43.5 Å². The topological polar surface area (TPSA) is 55.9 Å². The minimum atomic E-state index is -4.33. The van der Waals surface area contributed by atoms with E-state index < -0.39 is 11.7 Å². The number of rotatable bonds is 4. The van der Waals surface area contributed by atoms with E-state index in [4.69, 9.17) is 12.6 Å². The van der Waals surface area contributed by atoms with Gasteiger partial charge in [0.2, 0.25) is 11.8 Å². The van der Waals surface area contributed by atoms with Crippen molar-refractivity contribution in [2.75, 3.05) is 31.1 Å². The van der Waals surface area contributed by atoms with E-state index in [1.54, 1.807) is 12.1 Å². The third-order valence-electron chi connectivity index (χ3n) is 7.18. The zero-order valence-corrected chi connectivity index (χ0v) is 20.0. The van der Waals surface area contributed by atoms with Crippen LogP contribution in [0, 0.1) is 0 Å². The number of carbonyl (C=O) groups is 2.